The number of esters is 1. The summed E-state index contributed by atoms with van der Waals surface area (Å²) in [4.78, 5) is 11.8. The van der Waals surface area contributed by atoms with E-state index in [-0.39, 0.29) is 30.9 Å². The Labute approximate surface area is 159 Å². The normalized spacial score (nSPS) is 15.1. The van der Waals surface area contributed by atoms with Crippen molar-refractivity contribution in [3.63, 3.8) is 0 Å². The first kappa shape index (κ1) is 22.7. The van der Waals surface area contributed by atoms with Crippen molar-refractivity contribution in [2.24, 2.45) is 17.8 Å². The Bertz CT molecular complexity index is 498. The van der Waals surface area contributed by atoms with E-state index in [0.717, 1.165) is 12.0 Å². The predicted molar refractivity (Wildman–Crippen MR) is 105 cm³/mol. The molecule has 0 fully saturated rings. The third kappa shape index (κ3) is 9.35. The van der Waals surface area contributed by atoms with Crippen LogP contribution in [-0.2, 0) is 25.6 Å². The van der Waals surface area contributed by atoms with Gasteiger partial charge in [-0.25, -0.2) is 0 Å². The van der Waals surface area contributed by atoms with Gasteiger partial charge in [0.05, 0.1) is 18.8 Å². The van der Waals surface area contributed by atoms with Crippen LogP contribution in [0.15, 0.2) is 30.3 Å². The Morgan fingerprint density at radius 2 is 1.65 bits per heavy atom. The predicted octanol–water partition coefficient (Wildman–Crippen LogP) is 5.21. The highest BCUT2D eigenvalue weighted by atomic mass is 16.7. The second kappa shape index (κ2) is 12.1. The van der Waals surface area contributed by atoms with Crippen LogP contribution in [0.5, 0.6) is 0 Å². The lowest BCUT2D eigenvalue weighted by atomic mass is 9.86. The van der Waals surface area contributed by atoms with Crippen LogP contribution in [0.4, 0.5) is 0 Å². The topological polar surface area (TPSA) is 44.8 Å². The van der Waals surface area contributed by atoms with E-state index in [9.17, 15) is 4.79 Å². The van der Waals surface area contributed by atoms with Crippen molar-refractivity contribution in [2.75, 3.05) is 6.79 Å². The Balaban J connectivity index is 2.38. The van der Waals surface area contributed by atoms with E-state index in [1.165, 1.54) is 0 Å². The summed E-state index contributed by atoms with van der Waals surface area (Å²) in [5.74, 6) is 0.886. The number of hydrogen-bond donors (Lipinski definition) is 0. The molecule has 0 heterocycles. The van der Waals surface area contributed by atoms with Crippen LogP contribution in [-0.4, -0.2) is 25.0 Å². The molecule has 1 aromatic rings. The zero-order valence-corrected chi connectivity index (χ0v) is 17.2. The molecule has 0 unspecified atom stereocenters. The molecule has 0 aromatic heterocycles. The number of carbonyl (C=O) groups is 1. The van der Waals surface area contributed by atoms with Gasteiger partial charge in [0.1, 0.15) is 6.79 Å². The van der Waals surface area contributed by atoms with Crippen LogP contribution < -0.4 is 0 Å². The van der Waals surface area contributed by atoms with E-state index in [1.54, 1.807) is 0 Å². The van der Waals surface area contributed by atoms with Crippen LogP contribution in [0.25, 0.3) is 0 Å². The molecule has 0 bridgehead atoms. The maximum Gasteiger partial charge on any atom is 0.306 e. The third-order valence-electron chi connectivity index (χ3n) is 4.33. The second-order valence-electron chi connectivity index (χ2n) is 7.89. The fourth-order valence-electron chi connectivity index (χ4n) is 3.32. The molecule has 0 N–H and O–H groups in total. The Hall–Kier alpha value is -1.39. The van der Waals surface area contributed by atoms with Crippen LogP contribution in [0, 0.1) is 17.8 Å². The van der Waals surface area contributed by atoms with Gasteiger partial charge in [-0.05, 0) is 43.6 Å². The van der Waals surface area contributed by atoms with Gasteiger partial charge in [0.25, 0.3) is 0 Å². The lowest BCUT2D eigenvalue weighted by Gasteiger charge is -2.29. The molecule has 0 aliphatic heterocycles. The smallest absolute Gasteiger partial charge is 0.306 e. The zero-order valence-electron chi connectivity index (χ0n) is 17.2. The molecule has 4 nitrogen and oxygen atoms in total. The van der Waals surface area contributed by atoms with Crippen molar-refractivity contribution in [1.29, 1.82) is 0 Å². The fourth-order valence-corrected chi connectivity index (χ4v) is 3.32. The van der Waals surface area contributed by atoms with Crippen molar-refractivity contribution in [2.45, 2.75) is 73.2 Å². The van der Waals surface area contributed by atoms with E-state index >= 15 is 0 Å². The maximum atomic E-state index is 11.8. The van der Waals surface area contributed by atoms with E-state index in [2.05, 4.69) is 27.7 Å². The first-order chi connectivity index (χ1) is 12.3. The molecule has 0 saturated heterocycles. The van der Waals surface area contributed by atoms with E-state index in [0.29, 0.717) is 24.9 Å². The average molecular weight is 365 g/mol. The minimum absolute atomic E-state index is 0.0550. The Kier molecular flexibility index (Phi) is 10.5. The molecule has 0 aliphatic rings. The van der Waals surface area contributed by atoms with Crippen molar-refractivity contribution in [3.8, 4) is 0 Å². The third-order valence-corrected chi connectivity index (χ3v) is 4.33. The van der Waals surface area contributed by atoms with Gasteiger partial charge in [0.15, 0.2) is 0 Å². The first-order valence-electron chi connectivity index (χ1n) is 9.72. The summed E-state index contributed by atoms with van der Waals surface area (Å²) >= 11 is 0. The summed E-state index contributed by atoms with van der Waals surface area (Å²) in [5, 5.41) is 0. The number of carbonyl (C=O) groups excluding carboxylic acids is 1. The molecule has 4 heteroatoms. The molecule has 0 aliphatic carbocycles. The summed E-state index contributed by atoms with van der Waals surface area (Å²) in [6, 6.07) is 10.1. The molecule has 0 amide bonds. The summed E-state index contributed by atoms with van der Waals surface area (Å²) in [6.45, 7) is 13.2. The first-order valence-corrected chi connectivity index (χ1v) is 9.72. The monoisotopic (exact) mass is 364 g/mol. The number of benzene rings is 1. The molecule has 1 rings (SSSR count). The minimum atomic E-state index is -0.118. The van der Waals surface area contributed by atoms with Gasteiger partial charge in [-0.3, -0.25) is 4.79 Å². The highest BCUT2D eigenvalue weighted by molar-refractivity contribution is 5.69. The Morgan fingerprint density at radius 3 is 2.23 bits per heavy atom. The molecular weight excluding hydrogens is 328 g/mol. The summed E-state index contributed by atoms with van der Waals surface area (Å²) in [7, 11) is 0. The van der Waals surface area contributed by atoms with Gasteiger partial charge in [0, 0.05) is 6.42 Å². The number of hydrogen-bond acceptors (Lipinski definition) is 4. The largest absolute Gasteiger partial charge is 0.463 e. The van der Waals surface area contributed by atoms with Crippen LogP contribution in [0.1, 0.15) is 59.9 Å². The van der Waals surface area contributed by atoms with Gasteiger partial charge in [-0.1, -0.05) is 58.0 Å². The van der Waals surface area contributed by atoms with Crippen LogP contribution in [0.3, 0.4) is 0 Å². The van der Waals surface area contributed by atoms with Crippen molar-refractivity contribution in [3.05, 3.63) is 35.9 Å². The van der Waals surface area contributed by atoms with E-state index in [4.69, 9.17) is 14.2 Å². The van der Waals surface area contributed by atoms with Gasteiger partial charge < -0.3 is 14.2 Å². The Morgan fingerprint density at radius 1 is 1.00 bits per heavy atom. The van der Waals surface area contributed by atoms with Crippen molar-refractivity contribution >= 4 is 5.97 Å². The molecule has 0 saturated carbocycles. The highest BCUT2D eigenvalue weighted by Gasteiger charge is 2.24. The van der Waals surface area contributed by atoms with Crippen molar-refractivity contribution in [1.82, 2.24) is 0 Å². The molecular formula is C22H36O4. The molecule has 26 heavy (non-hydrogen) atoms. The lowest BCUT2D eigenvalue weighted by Crippen LogP contribution is -2.30. The number of ether oxygens (including phenoxy) is 3. The zero-order chi connectivity index (χ0) is 19.5. The van der Waals surface area contributed by atoms with Gasteiger partial charge in [-0.15, -0.1) is 0 Å². The highest BCUT2D eigenvalue weighted by Crippen LogP contribution is 2.25. The summed E-state index contributed by atoms with van der Waals surface area (Å²) in [5.41, 5.74) is 1.14. The maximum absolute atomic E-state index is 11.8. The van der Waals surface area contributed by atoms with Crippen LogP contribution >= 0.6 is 0 Å². The molecule has 1 aromatic carbocycles. The molecule has 148 valence electrons. The quantitative estimate of drug-likeness (QED) is 0.290. The van der Waals surface area contributed by atoms with Crippen molar-refractivity contribution < 1.29 is 19.0 Å². The molecule has 0 spiro atoms. The van der Waals surface area contributed by atoms with Gasteiger partial charge in [0.2, 0.25) is 0 Å². The van der Waals surface area contributed by atoms with E-state index in [1.807, 2.05) is 44.2 Å². The lowest BCUT2D eigenvalue weighted by molar-refractivity contribution is -0.149. The van der Waals surface area contributed by atoms with Crippen LogP contribution in [0.2, 0.25) is 0 Å². The second-order valence-corrected chi connectivity index (χ2v) is 7.89. The van der Waals surface area contributed by atoms with Gasteiger partial charge >= 0.3 is 5.97 Å². The van der Waals surface area contributed by atoms with Gasteiger partial charge in [-0.2, -0.15) is 0 Å². The SMILES string of the molecule is CC(C)OC(=O)C[C@H](C)C[C@H](C)[C@H](OCOCc1ccccc1)C(C)C. The van der Waals surface area contributed by atoms with E-state index < -0.39 is 0 Å². The summed E-state index contributed by atoms with van der Waals surface area (Å²) in [6.07, 6.45) is 1.43. The average Bonchev–Trinajstić information content (AvgIpc) is 2.54. The molecule has 3 atom stereocenters. The summed E-state index contributed by atoms with van der Waals surface area (Å²) < 4.78 is 16.9. The standard InChI is InChI=1S/C22H36O4/c1-16(2)22(25-15-24-14-20-10-8-7-9-11-20)19(6)12-18(5)13-21(23)26-17(3)4/h7-11,16-19,22H,12-15H2,1-6H3/t18-,19+,22-/m1/s1. The molecule has 0 radical (unpaired) electrons. The number of rotatable bonds is 12. The fraction of sp³-hybridized carbons (Fsp3) is 0.682. The minimum Gasteiger partial charge on any atom is -0.463 e.